The first-order valence-electron chi connectivity index (χ1n) is 10.4. The molecule has 31 heavy (non-hydrogen) atoms. The van der Waals surface area contributed by atoms with Crippen molar-refractivity contribution in [2.75, 3.05) is 26.7 Å². The maximum atomic E-state index is 13.5. The van der Waals surface area contributed by atoms with Gasteiger partial charge in [0, 0.05) is 22.6 Å². The topological polar surface area (TPSA) is 28.3 Å². The molecule has 1 aliphatic rings. The lowest BCUT2D eigenvalue weighted by Crippen LogP contribution is -2.44. The van der Waals surface area contributed by atoms with Crippen LogP contribution < -0.4 is 0 Å². The summed E-state index contributed by atoms with van der Waals surface area (Å²) in [4.78, 5) is 5.28. The Morgan fingerprint density at radius 3 is 2.42 bits per heavy atom. The predicted octanol–water partition coefficient (Wildman–Crippen LogP) is 6.07. The normalized spacial score (nSPS) is 18.4. The number of aromatic amines is 1. The molecule has 7 heteroatoms. The van der Waals surface area contributed by atoms with Gasteiger partial charge in [0.05, 0.1) is 23.8 Å². The number of piperidine rings is 1. The van der Waals surface area contributed by atoms with E-state index in [1.165, 1.54) is 18.2 Å². The molecule has 2 heterocycles. The van der Waals surface area contributed by atoms with Crippen LogP contribution in [-0.2, 0) is 16.3 Å². The summed E-state index contributed by atoms with van der Waals surface area (Å²) in [6.45, 7) is 3.88. The molecule has 1 N–H and O–H groups in total. The van der Waals surface area contributed by atoms with Crippen molar-refractivity contribution in [3.05, 3.63) is 71.2 Å². The summed E-state index contributed by atoms with van der Waals surface area (Å²) in [5, 5.41) is 0.507. The lowest BCUT2D eigenvalue weighted by Gasteiger charge is -2.41. The number of fused-ring (bicyclic) bond motifs is 1. The summed E-state index contributed by atoms with van der Waals surface area (Å²) in [7, 11) is 2.06. The monoisotopic (exact) mass is 434 g/mol. The number of rotatable bonds is 5. The van der Waals surface area contributed by atoms with Gasteiger partial charge in [-0.25, -0.2) is 4.39 Å². The van der Waals surface area contributed by atoms with Crippen molar-refractivity contribution < 1.29 is 22.3 Å². The third kappa shape index (κ3) is 4.48. The molecule has 3 aromatic rings. The average molecular weight is 434 g/mol. The Balaban J connectivity index is 1.62. The number of nitrogens with zero attached hydrogens (tertiary/aromatic N) is 1. The van der Waals surface area contributed by atoms with Gasteiger partial charge in [0.25, 0.3) is 0 Å². The van der Waals surface area contributed by atoms with Crippen molar-refractivity contribution in [2.45, 2.75) is 37.5 Å². The molecule has 0 saturated carbocycles. The van der Waals surface area contributed by atoms with Gasteiger partial charge in [0.2, 0.25) is 0 Å². The second kappa shape index (κ2) is 8.28. The minimum absolute atomic E-state index is 0.292. The first-order valence-corrected chi connectivity index (χ1v) is 10.4. The molecular weight excluding hydrogens is 408 g/mol. The summed E-state index contributed by atoms with van der Waals surface area (Å²) in [6, 6.07) is 10.5. The third-order valence-corrected chi connectivity index (χ3v) is 6.47. The van der Waals surface area contributed by atoms with Gasteiger partial charge >= 0.3 is 6.18 Å². The van der Waals surface area contributed by atoms with E-state index in [4.69, 9.17) is 4.74 Å². The Labute approximate surface area is 179 Å². The Morgan fingerprint density at radius 1 is 1.10 bits per heavy atom. The summed E-state index contributed by atoms with van der Waals surface area (Å²) >= 11 is 0. The molecule has 0 aliphatic carbocycles. The Bertz CT molecular complexity index is 1030. The van der Waals surface area contributed by atoms with Crippen LogP contribution in [0.15, 0.2) is 48.7 Å². The van der Waals surface area contributed by atoms with E-state index in [0.717, 1.165) is 37.6 Å². The lowest BCUT2D eigenvalue weighted by atomic mass is 9.73. The molecular formula is C24H26F4N2O. The highest BCUT2D eigenvalue weighted by atomic mass is 19.4. The number of likely N-dealkylation sites (tertiary alicyclic amines) is 1. The lowest BCUT2D eigenvalue weighted by molar-refractivity contribution is -0.137. The molecule has 4 rings (SSSR count). The number of halogens is 4. The van der Waals surface area contributed by atoms with Crippen molar-refractivity contribution in [1.82, 2.24) is 9.88 Å². The van der Waals surface area contributed by atoms with E-state index in [1.54, 1.807) is 31.3 Å². The van der Waals surface area contributed by atoms with Gasteiger partial charge < -0.3 is 14.6 Å². The minimum Gasteiger partial charge on any atom is -0.373 e. The van der Waals surface area contributed by atoms with Gasteiger partial charge in [-0.15, -0.1) is 0 Å². The van der Waals surface area contributed by atoms with Crippen LogP contribution >= 0.6 is 0 Å². The Hall–Kier alpha value is -2.38. The van der Waals surface area contributed by atoms with Crippen LogP contribution in [0.2, 0.25) is 0 Å². The fraction of sp³-hybridized carbons (Fsp3) is 0.417. The second-order valence-corrected chi connectivity index (χ2v) is 8.55. The number of ether oxygens (including phenoxy) is 1. The van der Waals surface area contributed by atoms with Crippen LogP contribution in [0.4, 0.5) is 17.6 Å². The average Bonchev–Trinajstić information content (AvgIpc) is 3.21. The van der Waals surface area contributed by atoms with Crippen molar-refractivity contribution in [1.29, 1.82) is 0 Å². The zero-order chi connectivity index (χ0) is 22.2. The SMILES string of the molecule is CC(OCC1(c2ccc(F)cc2)CCN(C)CC1)c1cc(C(F)(F)F)cc2cc[nH]c12. The number of nitrogens with one attached hydrogen (secondary N) is 1. The van der Waals surface area contributed by atoms with E-state index < -0.39 is 17.8 Å². The minimum atomic E-state index is -4.43. The molecule has 1 saturated heterocycles. The molecule has 166 valence electrons. The van der Waals surface area contributed by atoms with Crippen LogP contribution in [0.1, 0.15) is 42.6 Å². The predicted molar refractivity (Wildman–Crippen MR) is 112 cm³/mol. The molecule has 0 amide bonds. The largest absolute Gasteiger partial charge is 0.416 e. The number of alkyl halides is 3. The highest BCUT2D eigenvalue weighted by Gasteiger charge is 2.37. The molecule has 1 atom stereocenters. The Kier molecular flexibility index (Phi) is 5.83. The van der Waals surface area contributed by atoms with E-state index >= 15 is 0 Å². The Morgan fingerprint density at radius 2 is 1.77 bits per heavy atom. The number of hydrogen-bond donors (Lipinski definition) is 1. The quantitative estimate of drug-likeness (QED) is 0.494. The van der Waals surface area contributed by atoms with E-state index in [9.17, 15) is 17.6 Å². The van der Waals surface area contributed by atoms with Crippen molar-refractivity contribution >= 4 is 10.9 Å². The maximum Gasteiger partial charge on any atom is 0.416 e. The van der Waals surface area contributed by atoms with Gasteiger partial charge in [-0.3, -0.25) is 0 Å². The number of hydrogen-bond acceptors (Lipinski definition) is 2. The number of benzene rings is 2. The fourth-order valence-corrected chi connectivity index (χ4v) is 4.43. The smallest absolute Gasteiger partial charge is 0.373 e. The number of aromatic nitrogens is 1. The first kappa shape index (κ1) is 21.8. The highest BCUT2D eigenvalue weighted by molar-refractivity contribution is 5.84. The molecule has 1 unspecified atom stereocenters. The molecule has 3 nitrogen and oxygen atoms in total. The number of H-pyrrole nitrogens is 1. The molecule has 1 aliphatic heterocycles. The third-order valence-electron chi connectivity index (χ3n) is 6.47. The molecule has 0 spiro atoms. The summed E-state index contributed by atoms with van der Waals surface area (Å²) < 4.78 is 60.0. The highest BCUT2D eigenvalue weighted by Crippen LogP contribution is 2.39. The van der Waals surface area contributed by atoms with Gasteiger partial charge in [-0.1, -0.05) is 12.1 Å². The van der Waals surface area contributed by atoms with Gasteiger partial charge in [0.15, 0.2) is 0 Å². The van der Waals surface area contributed by atoms with Crippen LogP contribution in [0.3, 0.4) is 0 Å². The first-order chi connectivity index (χ1) is 14.7. The summed E-state index contributed by atoms with van der Waals surface area (Å²) in [5.74, 6) is -0.292. The van der Waals surface area contributed by atoms with Crippen molar-refractivity contribution in [3.63, 3.8) is 0 Å². The zero-order valence-corrected chi connectivity index (χ0v) is 17.6. The van der Waals surface area contributed by atoms with E-state index in [1.807, 2.05) is 0 Å². The molecule has 1 fully saturated rings. The standard InChI is InChI=1S/C24H26F4N2O/c1-16(21-14-19(24(26,27)28)13-17-7-10-29-22(17)21)31-15-23(8-11-30(2)12-9-23)18-3-5-20(25)6-4-18/h3-7,10,13-14,16,29H,8-9,11-12,15H2,1-2H3. The maximum absolute atomic E-state index is 13.5. The summed E-state index contributed by atoms with van der Waals surface area (Å²) in [5.41, 5.74) is 1.16. The molecule has 0 radical (unpaired) electrons. The molecule has 0 bridgehead atoms. The van der Waals surface area contributed by atoms with Crippen molar-refractivity contribution in [3.8, 4) is 0 Å². The molecule has 1 aromatic heterocycles. The van der Waals surface area contributed by atoms with E-state index in [0.29, 0.717) is 23.1 Å². The van der Waals surface area contributed by atoms with Gasteiger partial charge in [-0.2, -0.15) is 13.2 Å². The van der Waals surface area contributed by atoms with Crippen molar-refractivity contribution in [2.24, 2.45) is 0 Å². The van der Waals surface area contributed by atoms with E-state index in [-0.39, 0.29) is 11.2 Å². The van der Waals surface area contributed by atoms with Crippen LogP contribution in [0.25, 0.3) is 10.9 Å². The zero-order valence-electron chi connectivity index (χ0n) is 17.6. The van der Waals surface area contributed by atoms with Gasteiger partial charge in [-0.05, 0) is 75.8 Å². The van der Waals surface area contributed by atoms with Crippen LogP contribution in [-0.4, -0.2) is 36.6 Å². The fourth-order valence-electron chi connectivity index (χ4n) is 4.43. The van der Waals surface area contributed by atoms with Crippen LogP contribution in [0.5, 0.6) is 0 Å². The van der Waals surface area contributed by atoms with E-state index in [2.05, 4.69) is 16.9 Å². The van der Waals surface area contributed by atoms with Crippen LogP contribution in [0, 0.1) is 5.82 Å². The summed E-state index contributed by atoms with van der Waals surface area (Å²) in [6.07, 6.45) is -1.66. The van der Waals surface area contributed by atoms with Gasteiger partial charge in [0.1, 0.15) is 5.82 Å². The molecule has 2 aromatic carbocycles. The second-order valence-electron chi connectivity index (χ2n) is 8.55.